The molecule has 0 saturated carbocycles. The Balaban J connectivity index is 1.68. The molecular formula is C22H23N5O2. The Labute approximate surface area is 169 Å². The maximum Gasteiger partial charge on any atom is 0.228 e. The van der Waals surface area contributed by atoms with E-state index in [1.54, 1.807) is 18.5 Å². The van der Waals surface area contributed by atoms with E-state index in [2.05, 4.69) is 14.8 Å². The molecule has 1 saturated heterocycles. The van der Waals surface area contributed by atoms with Crippen LogP contribution in [0, 0.1) is 6.92 Å². The van der Waals surface area contributed by atoms with Gasteiger partial charge in [-0.2, -0.15) is 4.98 Å². The molecule has 148 valence electrons. The van der Waals surface area contributed by atoms with E-state index in [0.717, 1.165) is 59.9 Å². The van der Waals surface area contributed by atoms with Gasteiger partial charge in [-0.05, 0) is 31.5 Å². The summed E-state index contributed by atoms with van der Waals surface area (Å²) in [7, 11) is 0. The minimum Gasteiger partial charge on any atom is -0.508 e. The van der Waals surface area contributed by atoms with E-state index in [1.165, 1.54) is 0 Å². The zero-order chi connectivity index (χ0) is 19.8. The quantitative estimate of drug-likeness (QED) is 0.738. The van der Waals surface area contributed by atoms with Crippen molar-refractivity contribution in [2.75, 3.05) is 42.6 Å². The molecule has 3 aromatic rings. The summed E-state index contributed by atoms with van der Waals surface area (Å²) in [6.45, 7) is 5.66. The van der Waals surface area contributed by atoms with Gasteiger partial charge in [0.25, 0.3) is 0 Å². The van der Waals surface area contributed by atoms with Crippen molar-refractivity contribution in [2.45, 2.75) is 13.3 Å². The number of aromatic nitrogens is 3. The maximum absolute atomic E-state index is 10.3. The molecule has 7 nitrogen and oxygen atoms in total. The highest BCUT2D eigenvalue weighted by molar-refractivity contribution is 5.79. The van der Waals surface area contributed by atoms with Crippen LogP contribution in [0.5, 0.6) is 5.75 Å². The number of benzene rings is 1. The van der Waals surface area contributed by atoms with E-state index in [0.29, 0.717) is 19.2 Å². The zero-order valence-electron chi connectivity index (χ0n) is 16.4. The van der Waals surface area contributed by atoms with Crippen LogP contribution in [0.3, 0.4) is 0 Å². The number of pyridine rings is 1. The lowest BCUT2D eigenvalue weighted by Crippen LogP contribution is -2.37. The van der Waals surface area contributed by atoms with Gasteiger partial charge in [-0.15, -0.1) is 0 Å². The van der Waals surface area contributed by atoms with Gasteiger partial charge in [0.1, 0.15) is 11.6 Å². The standard InChI is InChI=1S/C22H23N5O2/c1-15-17(3-2-4-19(15)28)20-18-7-10-27(16-5-8-23-9-6-16)21(18)25-22(24-20)26-11-13-29-14-12-26/h2-6,8-9,28H,7,10-14H2,1H3. The molecule has 2 aliphatic heterocycles. The molecule has 0 atom stereocenters. The van der Waals surface area contributed by atoms with E-state index in [9.17, 15) is 5.11 Å². The normalized spacial score (nSPS) is 16.2. The van der Waals surface area contributed by atoms with E-state index in [-0.39, 0.29) is 5.75 Å². The summed E-state index contributed by atoms with van der Waals surface area (Å²) in [6, 6.07) is 9.62. The Morgan fingerprint density at radius 2 is 1.79 bits per heavy atom. The Bertz CT molecular complexity index is 1030. The first-order valence-electron chi connectivity index (χ1n) is 9.92. The van der Waals surface area contributed by atoms with Crippen LogP contribution in [0.15, 0.2) is 42.7 Å². The minimum absolute atomic E-state index is 0.284. The van der Waals surface area contributed by atoms with E-state index in [1.807, 2.05) is 31.2 Å². The minimum atomic E-state index is 0.284. The number of fused-ring (bicyclic) bond motifs is 1. The highest BCUT2D eigenvalue weighted by Crippen LogP contribution is 2.40. The predicted octanol–water partition coefficient (Wildman–Crippen LogP) is 3.08. The van der Waals surface area contributed by atoms with Crippen molar-refractivity contribution < 1.29 is 9.84 Å². The molecule has 0 unspecified atom stereocenters. The SMILES string of the molecule is Cc1c(O)cccc1-c1nc(N2CCOCC2)nc2c1CCN2c1ccncc1. The monoisotopic (exact) mass is 389 g/mol. The molecule has 1 fully saturated rings. The van der Waals surface area contributed by atoms with Gasteiger partial charge in [0.05, 0.1) is 18.9 Å². The second kappa shape index (κ2) is 7.33. The second-order valence-corrected chi connectivity index (χ2v) is 7.33. The van der Waals surface area contributed by atoms with Crippen molar-refractivity contribution in [3.63, 3.8) is 0 Å². The fourth-order valence-electron chi connectivity index (χ4n) is 4.03. The number of nitrogens with zero attached hydrogens (tertiary/aromatic N) is 5. The number of phenols is 1. The molecular weight excluding hydrogens is 366 g/mol. The van der Waals surface area contributed by atoms with Crippen LogP contribution in [-0.2, 0) is 11.2 Å². The van der Waals surface area contributed by atoms with Crippen LogP contribution in [0.25, 0.3) is 11.3 Å². The van der Waals surface area contributed by atoms with Crippen LogP contribution in [0.1, 0.15) is 11.1 Å². The Kier molecular flexibility index (Phi) is 4.52. The number of ether oxygens (including phenoxy) is 1. The largest absolute Gasteiger partial charge is 0.508 e. The summed E-state index contributed by atoms with van der Waals surface area (Å²) in [5, 5.41) is 10.3. The molecule has 0 amide bonds. The molecule has 0 spiro atoms. The molecule has 29 heavy (non-hydrogen) atoms. The van der Waals surface area contributed by atoms with Gasteiger partial charge in [0, 0.05) is 54.4 Å². The number of anilines is 3. The average molecular weight is 389 g/mol. The fourth-order valence-corrected chi connectivity index (χ4v) is 4.03. The third kappa shape index (κ3) is 3.17. The van der Waals surface area contributed by atoms with Crippen molar-refractivity contribution in [1.29, 1.82) is 0 Å². The molecule has 0 bridgehead atoms. The molecule has 1 N–H and O–H groups in total. The summed E-state index contributed by atoms with van der Waals surface area (Å²) < 4.78 is 5.51. The maximum atomic E-state index is 10.3. The van der Waals surface area contributed by atoms with Crippen molar-refractivity contribution in [3.05, 3.63) is 53.9 Å². The highest BCUT2D eigenvalue weighted by Gasteiger charge is 2.29. The number of morpholine rings is 1. The summed E-state index contributed by atoms with van der Waals surface area (Å²) in [5.74, 6) is 1.93. The molecule has 7 heteroatoms. The zero-order valence-corrected chi connectivity index (χ0v) is 16.4. The number of phenolic OH excluding ortho intramolecular Hbond substituents is 1. The Hall–Kier alpha value is -3.19. The average Bonchev–Trinajstić information content (AvgIpc) is 3.20. The van der Waals surface area contributed by atoms with Gasteiger partial charge in [0.15, 0.2) is 0 Å². The van der Waals surface area contributed by atoms with Crippen molar-refractivity contribution in [3.8, 4) is 17.0 Å². The third-order valence-electron chi connectivity index (χ3n) is 5.64. The summed E-state index contributed by atoms with van der Waals surface area (Å²) in [4.78, 5) is 18.5. The lowest BCUT2D eigenvalue weighted by molar-refractivity contribution is 0.122. The van der Waals surface area contributed by atoms with E-state index in [4.69, 9.17) is 14.7 Å². The smallest absolute Gasteiger partial charge is 0.228 e. The van der Waals surface area contributed by atoms with Crippen molar-refractivity contribution in [1.82, 2.24) is 15.0 Å². The van der Waals surface area contributed by atoms with Gasteiger partial charge in [-0.1, -0.05) is 12.1 Å². The lowest BCUT2D eigenvalue weighted by atomic mass is 10.00. The van der Waals surface area contributed by atoms with Crippen LogP contribution in [0.4, 0.5) is 17.5 Å². The fraction of sp³-hybridized carbons (Fsp3) is 0.318. The van der Waals surface area contributed by atoms with Crippen LogP contribution in [0.2, 0.25) is 0 Å². The summed E-state index contributed by atoms with van der Waals surface area (Å²) in [6.07, 6.45) is 4.46. The molecule has 1 aromatic carbocycles. The van der Waals surface area contributed by atoms with Gasteiger partial charge in [-0.3, -0.25) is 4.98 Å². The molecule has 4 heterocycles. The second-order valence-electron chi connectivity index (χ2n) is 7.33. The van der Waals surface area contributed by atoms with Crippen molar-refractivity contribution >= 4 is 17.5 Å². The van der Waals surface area contributed by atoms with Gasteiger partial charge in [-0.25, -0.2) is 4.98 Å². The predicted molar refractivity (Wildman–Crippen MR) is 112 cm³/mol. The summed E-state index contributed by atoms with van der Waals surface area (Å²) in [5.41, 5.74) is 4.89. The van der Waals surface area contributed by atoms with E-state index < -0.39 is 0 Å². The van der Waals surface area contributed by atoms with Crippen LogP contribution in [-0.4, -0.2) is 52.9 Å². The van der Waals surface area contributed by atoms with E-state index >= 15 is 0 Å². The molecule has 2 aliphatic rings. The molecule has 5 rings (SSSR count). The lowest BCUT2D eigenvalue weighted by Gasteiger charge is -2.28. The Morgan fingerprint density at radius 1 is 1.00 bits per heavy atom. The molecule has 0 radical (unpaired) electrons. The Morgan fingerprint density at radius 3 is 2.59 bits per heavy atom. The number of rotatable bonds is 3. The number of hydrogen-bond donors (Lipinski definition) is 1. The summed E-state index contributed by atoms with van der Waals surface area (Å²) >= 11 is 0. The van der Waals surface area contributed by atoms with Gasteiger partial charge >= 0.3 is 0 Å². The van der Waals surface area contributed by atoms with Crippen molar-refractivity contribution in [2.24, 2.45) is 0 Å². The molecule has 0 aliphatic carbocycles. The van der Waals surface area contributed by atoms with Crippen LogP contribution < -0.4 is 9.80 Å². The first-order valence-corrected chi connectivity index (χ1v) is 9.92. The number of aromatic hydroxyl groups is 1. The highest BCUT2D eigenvalue weighted by atomic mass is 16.5. The first-order chi connectivity index (χ1) is 14.2. The van der Waals surface area contributed by atoms with Crippen LogP contribution >= 0.6 is 0 Å². The molecule has 2 aromatic heterocycles. The first kappa shape index (κ1) is 17.9. The van der Waals surface area contributed by atoms with Gasteiger partial charge in [0.2, 0.25) is 5.95 Å². The topological polar surface area (TPSA) is 74.6 Å². The number of hydrogen-bond acceptors (Lipinski definition) is 7. The van der Waals surface area contributed by atoms with Gasteiger partial charge < -0.3 is 19.6 Å². The third-order valence-corrected chi connectivity index (χ3v) is 5.64.